The van der Waals surface area contributed by atoms with Crippen molar-refractivity contribution < 1.29 is 19.3 Å². The molecule has 0 radical (unpaired) electrons. The van der Waals surface area contributed by atoms with Gasteiger partial charge in [-0.25, -0.2) is 0 Å². The van der Waals surface area contributed by atoms with E-state index < -0.39 is 6.29 Å². The minimum Gasteiger partial charge on any atom is -0.496 e. The predicted molar refractivity (Wildman–Crippen MR) is 66.5 cm³/mol. The van der Waals surface area contributed by atoms with Crippen LogP contribution < -0.4 is 9.47 Å². The standard InChI is InChI=1S/C12H15BrO4/c1-6-4-7-9(15-2)5-8(13)11(16-3)10(7)12(14)17-6/h5-6,12,14H,4H2,1-3H3/t6-,12+/m0/s1. The first-order chi connectivity index (χ1) is 8.08. The summed E-state index contributed by atoms with van der Waals surface area (Å²) in [6, 6.07) is 1.85. The molecule has 2 rings (SSSR count). The van der Waals surface area contributed by atoms with Crippen LogP contribution in [0, 0.1) is 0 Å². The van der Waals surface area contributed by atoms with Crippen LogP contribution >= 0.6 is 15.9 Å². The number of aliphatic hydroxyl groups is 1. The number of ether oxygens (including phenoxy) is 3. The molecule has 0 spiro atoms. The van der Waals surface area contributed by atoms with Gasteiger partial charge in [-0.2, -0.15) is 0 Å². The molecular formula is C12H15BrO4. The van der Waals surface area contributed by atoms with Crippen LogP contribution in [0.25, 0.3) is 0 Å². The topological polar surface area (TPSA) is 47.9 Å². The van der Waals surface area contributed by atoms with Crippen molar-refractivity contribution in [3.05, 3.63) is 21.7 Å². The summed E-state index contributed by atoms with van der Waals surface area (Å²) in [5, 5.41) is 10.0. The van der Waals surface area contributed by atoms with Crippen LogP contribution in [0.2, 0.25) is 0 Å². The van der Waals surface area contributed by atoms with Crippen LogP contribution in [0.5, 0.6) is 11.5 Å². The number of hydrogen-bond acceptors (Lipinski definition) is 4. The summed E-state index contributed by atoms with van der Waals surface area (Å²) in [5.41, 5.74) is 1.59. The van der Waals surface area contributed by atoms with E-state index in [0.29, 0.717) is 17.7 Å². The van der Waals surface area contributed by atoms with Gasteiger partial charge in [-0.3, -0.25) is 0 Å². The van der Waals surface area contributed by atoms with Gasteiger partial charge in [0.25, 0.3) is 0 Å². The molecule has 1 aromatic carbocycles. The lowest BCUT2D eigenvalue weighted by molar-refractivity contribution is -0.144. The monoisotopic (exact) mass is 302 g/mol. The van der Waals surface area contributed by atoms with E-state index in [1.165, 1.54) is 0 Å². The first-order valence-electron chi connectivity index (χ1n) is 5.35. The van der Waals surface area contributed by atoms with Gasteiger partial charge < -0.3 is 19.3 Å². The lowest BCUT2D eigenvalue weighted by Crippen LogP contribution is -2.24. The second-order valence-corrected chi connectivity index (χ2v) is 4.84. The van der Waals surface area contributed by atoms with E-state index >= 15 is 0 Å². The van der Waals surface area contributed by atoms with Crippen LogP contribution in [0.4, 0.5) is 0 Å². The Morgan fingerprint density at radius 3 is 2.71 bits per heavy atom. The number of rotatable bonds is 2. The van der Waals surface area contributed by atoms with Crippen molar-refractivity contribution in [3.8, 4) is 11.5 Å². The molecule has 1 aliphatic heterocycles. The highest BCUT2D eigenvalue weighted by Gasteiger charge is 2.31. The van der Waals surface area contributed by atoms with Gasteiger partial charge >= 0.3 is 0 Å². The summed E-state index contributed by atoms with van der Waals surface area (Å²) in [7, 11) is 3.18. The third-order valence-electron chi connectivity index (χ3n) is 2.87. The summed E-state index contributed by atoms with van der Waals surface area (Å²) in [6.45, 7) is 1.92. The predicted octanol–water partition coefficient (Wildman–Crippen LogP) is 2.42. The molecule has 1 N–H and O–H groups in total. The van der Waals surface area contributed by atoms with Gasteiger partial charge in [0.15, 0.2) is 6.29 Å². The number of aliphatic hydroxyl groups excluding tert-OH is 1. The summed E-state index contributed by atoms with van der Waals surface area (Å²) in [4.78, 5) is 0. The van der Waals surface area contributed by atoms with Crippen molar-refractivity contribution in [1.82, 2.24) is 0 Å². The summed E-state index contributed by atoms with van der Waals surface area (Å²) in [6.07, 6.45) is -0.327. The molecule has 0 saturated heterocycles. The molecule has 1 heterocycles. The molecule has 0 bridgehead atoms. The maximum absolute atomic E-state index is 10.0. The van der Waals surface area contributed by atoms with Gasteiger partial charge in [0.1, 0.15) is 11.5 Å². The molecule has 0 saturated carbocycles. The molecule has 2 atom stereocenters. The van der Waals surface area contributed by atoms with Crippen LogP contribution in [0.1, 0.15) is 24.3 Å². The van der Waals surface area contributed by atoms with Crippen LogP contribution in [-0.2, 0) is 11.2 Å². The van der Waals surface area contributed by atoms with E-state index in [1.54, 1.807) is 14.2 Å². The van der Waals surface area contributed by atoms with Crippen molar-refractivity contribution in [2.75, 3.05) is 14.2 Å². The SMILES string of the molecule is COc1cc(Br)c(OC)c2c1C[C@H](C)O[C@H]2O. The fraction of sp³-hybridized carbons (Fsp3) is 0.500. The Hall–Kier alpha value is -0.780. The Labute approximate surface area is 109 Å². The Morgan fingerprint density at radius 2 is 2.12 bits per heavy atom. The molecule has 1 aromatic rings. The van der Waals surface area contributed by atoms with Gasteiger partial charge in [0.05, 0.1) is 30.4 Å². The Balaban J connectivity index is 2.65. The molecule has 17 heavy (non-hydrogen) atoms. The third kappa shape index (κ3) is 2.14. The van der Waals surface area contributed by atoms with E-state index in [2.05, 4.69) is 15.9 Å². The minimum atomic E-state index is -0.977. The van der Waals surface area contributed by atoms with Crippen molar-refractivity contribution in [2.45, 2.75) is 25.7 Å². The second-order valence-electron chi connectivity index (χ2n) is 3.99. The van der Waals surface area contributed by atoms with E-state index in [9.17, 15) is 5.11 Å². The number of fused-ring (bicyclic) bond motifs is 1. The average molecular weight is 303 g/mol. The van der Waals surface area contributed by atoms with Crippen molar-refractivity contribution in [3.63, 3.8) is 0 Å². The third-order valence-corrected chi connectivity index (χ3v) is 3.45. The Morgan fingerprint density at radius 1 is 1.41 bits per heavy atom. The number of halogens is 1. The van der Waals surface area contributed by atoms with Gasteiger partial charge in [0, 0.05) is 12.0 Å². The van der Waals surface area contributed by atoms with Crippen LogP contribution in [-0.4, -0.2) is 25.4 Å². The van der Waals surface area contributed by atoms with Gasteiger partial charge in [0.2, 0.25) is 0 Å². The zero-order chi connectivity index (χ0) is 12.6. The molecule has 0 aliphatic carbocycles. The minimum absolute atomic E-state index is 0.0442. The zero-order valence-corrected chi connectivity index (χ0v) is 11.6. The quantitative estimate of drug-likeness (QED) is 0.911. The molecule has 1 aliphatic rings. The lowest BCUT2D eigenvalue weighted by Gasteiger charge is -2.30. The molecule has 5 heteroatoms. The molecule has 0 aromatic heterocycles. The normalized spacial score (nSPS) is 23.1. The Kier molecular flexibility index (Phi) is 3.61. The first kappa shape index (κ1) is 12.7. The lowest BCUT2D eigenvalue weighted by atomic mass is 9.96. The molecule has 94 valence electrons. The van der Waals surface area contributed by atoms with Crippen molar-refractivity contribution in [1.29, 1.82) is 0 Å². The van der Waals surface area contributed by atoms with Gasteiger partial charge in [-0.15, -0.1) is 0 Å². The summed E-state index contributed by atoms with van der Waals surface area (Å²) < 4.78 is 16.8. The second kappa shape index (κ2) is 4.84. The maximum atomic E-state index is 10.0. The van der Waals surface area contributed by atoms with E-state index in [1.807, 2.05) is 13.0 Å². The van der Waals surface area contributed by atoms with E-state index in [0.717, 1.165) is 15.8 Å². The van der Waals surface area contributed by atoms with E-state index in [-0.39, 0.29) is 6.10 Å². The van der Waals surface area contributed by atoms with Crippen LogP contribution in [0.3, 0.4) is 0 Å². The molecule has 0 unspecified atom stereocenters. The van der Waals surface area contributed by atoms with Gasteiger partial charge in [-0.05, 0) is 28.9 Å². The molecule has 4 nitrogen and oxygen atoms in total. The zero-order valence-electron chi connectivity index (χ0n) is 9.99. The number of hydrogen-bond donors (Lipinski definition) is 1. The fourth-order valence-electron chi connectivity index (χ4n) is 2.15. The highest BCUT2D eigenvalue weighted by Crippen LogP contribution is 2.44. The maximum Gasteiger partial charge on any atom is 0.185 e. The summed E-state index contributed by atoms with van der Waals surface area (Å²) >= 11 is 3.40. The molecule has 0 fully saturated rings. The highest BCUT2D eigenvalue weighted by molar-refractivity contribution is 9.10. The molecular weight excluding hydrogens is 288 g/mol. The van der Waals surface area contributed by atoms with E-state index in [4.69, 9.17) is 14.2 Å². The highest BCUT2D eigenvalue weighted by atomic mass is 79.9. The average Bonchev–Trinajstić information content (AvgIpc) is 2.28. The largest absolute Gasteiger partial charge is 0.496 e. The van der Waals surface area contributed by atoms with Crippen LogP contribution in [0.15, 0.2) is 10.5 Å². The summed E-state index contributed by atoms with van der Waals surface area (Å²) in [5.74, 6) is 1.34. The van der Waals surface area contributed by atoms with Gasteiger partial charge in [-0.1, -0.05) is 0 Å². The number of benzene rings is 1. The van der Waals surface area contributed by atoms with Crippen molar-refractivity contribution >= 4 is 15.9 Å². The first-order valence-corrected chi connectivity index (χ1v) is 6.14. The molecule has 0 amide bonds. The fourth-order valence-corrected chi connectivity index (χ4v) is 2.73. The number of methoxy groups -OCH3 is 2. The van der Waals surface area contributed by atoms with Crippen molar-refractivity contribution in [2.24, 2.45) is 0 Å². The smallest absolute Gasteiger partial charge is 0.185 e. The Bertz CT molecular complexity index is 433.